The molecule has 1 N–H and O–H groups in total. The molecule has 40 heavy (non-hydrogen) atoms. The van der Waals surface area contributed by atoms with Gasteiger partial charge < -0.3 is 33.4 Å². The fourth-order valence-electron chi connectivity index (χ4n) is 5.40. The van der Waals surface area contributed by atoms with Crippen LogP contribution in [0.5, 0.6) is 28.7 Å². The summed E-state index contributed by atoms with van der Waals surface area (Å²) in [5.74, 6) is 0.139. The van der Waals surface area contributed by atoms with Crippen LogP contribution in [0.1, 0.15) is 28.4 Å². The first-order valence-corrected chi connectivity index (χ1v) is 12.6. The van der Waals surface area contributed by atoms with Crippen molar-refractivity contribution in [1.29, 1.82) is 0 Å². The van der Waals surface area contributed by atoms with Crippen molar-refractivity contribution in [3.8, 4) is 28.7 Å². The molecule has 3 aromatic carbocycles. The van der Waals surface area contributed by atoms with Crippen molar-refractivity contribution in [1.82, 2.24) is 9.97 Å². The summed E-state index contributed by atoms with van der Waals surface area (Å²) in [6.45, 7) is 0.0811. The van der Waals surface area contributed by atoms with E-state index in [0.29, 0.717) is 51.2 Å². The smallest absolute Gasteiger partial charge is 0.314 e. The molecule has 2 atom stereocenters. The second-order valence-electron chi connectivity index (χ2n) is 9.21. The van der Waals surface area contributed by atoms with Gasteiger partial charge in [-0.1, -0.05) is 11.6 Å². The number of hydrogen-bond donors (Lipinski definition) is 1. The van der Waals surface area contributed by atoms with E-state index in [-0.39, 0.29) is 17.3 Å². The highest BCUT2D eigenvalue weighted by molar-refractivity contribution is 6.35. The Labute approximate surface area is 233 Å². The van der Waals surface area contributed by atoms with E-state index in [1.807, 2.05) is 18.2 Å². The Kier molecular flexibility index (Phi) is 6.42. The van der Waals surface area contributed by atoms with Crippen LogP contribution in [0.3, 0.4) is 0 Å². The Balaban J connectivity index is 1.64. The van der Waals surface area contributed by atoms with Gasteiger partial charge in [-0.25, -0.2) is 9.37 Å². The predicted octanol–water partition coefficient (Wildman–Crippen LogP) is 5.59. The van der Waals surface area contributed by atoms with E-state index in [1.165, 1.54) is 34.5 Å². The molecule has 1 aliphatic heterocycles. The van der Waals surface area contributed by atoms with Crippen LogP contribution in [0.2, 0.25) is 5.02 Å². The van der Waals surface area contributed by atoms with Gasteiger partial charge in [-0.05, 0) is 59.2 Å². The average molecular weight is 567 g/mol. The molecule has 0 bridgehead atoms. The van der Waals surface area contributed by atoms with Gasteiger partial charge in [0.2, 0.25) is 12.5 Å². The largest absolute Gasteiger partial charge is 0.493 e. The summed E-state index contributed by atoms with van der Waals surface area (Å²) in [7, 11) is 5.89. The topological polar surface area (TPSA) is 101 Å². The molecule has 0 unspecified atom stereocenters. The Morgan fingerprint density at radius 2 is 1.73 bits per heavy atom. The van der Waals surface area contributed by atoms with E-state index >= 15 is 0 Å². The minimum atomic E-state index is -0.884. The third-order valence-corrected chi connectivity index (χ3v) is 7.57. The minimum Gasteiger partial charge on any atom is -0.493 e. The number of aromatic nitrogens is 2. The van der Waals surface area contributed by atoms with Gasteiger partial charge in [-0.2, -0.15) is 0 Å². The molecule has 0 fully saturated rings. The van der Waals surface area contributed by atoms with Crippen LogP contribution in [-0.2, 0) is 9.53 Å². The van der Waals surface area contributed by atoms with Gasteiger partial charge in [0.15, 0.2) is 23.0 Å². The number of aromatic amines is 1. The first kappa shape index (κ1) is 25.8. The van der Waals surface area contributed by atoms with Crippen molar-refractivity contribution in [3.63, 3.8) is 0 Å². The maximum absolute atomic E-state index is 14.2. The van der Waals surface area contributed by atoms with E-state index in [9.17, 15) is 9.18 Å². The Morgan fingerprint density at radius 1 is 1.02 bits per heavy atom. The number of esters is 1. The molecule has 11 heteroatoms. The van der Waals surface area contributed by atoms with Gasteiger partial charge in [-0.15, -0.1) is 0 Å². The van der Waals surface area contributed by atoms with Gasteiger partial charge in [-0.3, -0.25) is 4.79 Å². The molecule has 1 aliphatic carbocycles. The number of ether oxygens (including phenoxy) is 6. The number of rotatable bonds is 6. The number of methoxy groups -OCH3 is 4. The summed E-state index contributed by atoms with van der Waals surface area (Å²) in [5, 5.41) is -0.115. The van der Waals surface area contributed by atoms with Crippen LogP contribution in [0.4, 0.5) is 4.39 Å². The van der Waals surface area contributed by atoms with Crippen molar-refractivity contribution in [3.05, 3.63) is 69.8 Å². The number of H-pyrrole nitrogens is 1. The highest BCUT2D eigenvalue weighted by Gasteiger charge is 2.42. The summed E-state index contributed by atoms with van der Waals surface area (Å²) in [6, 6.07) is 10.1. The number of carbonyl (C=O) groups is 1. The quantitative estimate of drug-likeness (QED) is 0.302. The number of imidazole rings is 1. The highest BCUT2D eigenvalue weighted by Crippen LogP contribution is 2.52. The lowest BCUT2D eigenvalue weighted by Gasteiger charge is -2.33. The lowest BCUT2D eigenvalue weighted by Crippen LogP contribution is -2.29. The molecule has 9 nitrogen and oxygen atoms in total. The summed E-state index contributed by atoms with van der Waals surface area (Å²) in [6.07, 6.45) is 1.84. The lowest BCUT2D eigenvalue weighted by molar-refractivity contribution is -0.143. The first-order chi connectivity index (χ1) is 19.4. The number of halogens is 2. The zero-order chi connectivity index (χ0) is 28.1. The van der Waals surface area contributed by atoms with Crippen molar-refractivity contribution in [2.45, 2.75) is 5.92 Å². The van der Waals surface area contributed by atoms with Gasteiger partial charge in [0, 0.05) is 11.5 Å². The van der Waals surface area contributed by atoms with Crippen LogP contribution >= 0.6 is 11.6 Å². The van der Waals surface area contributed by atoms with Crippen molar-refractivity contribution < 1.29 is 37.6 Å². The molecule has 0 amide bonds. The third-order valence-electron chi connectivity index (χ3n) is 7.21. The molecule has 4 aromatic rings. The predicted molar refractivity (Wildman–Crippen MR) is 145 cm³/mol. The summed E-state index contributed by atoms with van der Waals surface area (Å²) in [5.41, 5.74) is 3.54. The third kappa shape index (κ3) is 3.98. The van der Waals surface area contributed by atoms with Crippen LogP contribution in [0.25, 0.3) is 22.7 Å². The second kappa shape index (κ2) is 9.95. The SMILES string of the molecule is COC(=O)[C@H]1C(c2nc3c(Cl)c(F)ccc3[nH]2)=Cc2cc3c(cc2[C@H]1c1cc(OC)c(OC)c(OC)c1)OCO3. The van der Waals surface area contributed by atoms with Crippen LogP contribution in [0.15, 0.2) is 36.4 Å². The van der Waals surface area contributed by atoms with E-state index in [1.54, 1.807) is 18.2 Å². The molecular formula is C29H24ClFN2O7. The monoisotopic (exact) mass is 566 g/mol. The van der Waals surface area contributed by atoms with Crippen LogP contribution in [0, 0.1) is 11.7 Å². The summed E-state index contributed by atoms with van der Waals surface area (Å²) in [4.78, 5) is 21.4. The molecule has 206 valence electrons. The number of nitrogens with one attached hydrogen (secondary N) is 1. The number of nitrogens with zero attached hydrogens (tertiary/aromatic N) is 1. The zero-order valence-electron chi connectivity index (χ0n) is 22.0. The summed E-state index contributed by atoms with van der Waals surface area (Å²) >= 11 is 6.23. The van der Waals surface area contributed by atoms with Crippen molar-refractivity contribution >= 4 is 40.3 Å². The minimum absolute atomic E-state index is 0.0811. The van der Waals surface area contributed by atoms with Gasteiger partial charge in [0.1, 0.15) is 22.2 Å². The number of hydrogen-bond acceptors (Lipinski definition) is 8. The molecule has 0 saturated heterocycles. The fraction of sp³-hybridized carbons (Fsp3) is 0.241. The van der Waals surface area contributed by atoms with Crippen molar-refractivity contribution in [2.24, 2.45) is 5.92 Å². The molecule has 0 saturated carbocycles. The molecule has 2 aliphatic rings. The Hall–Kier alpha value is -4.44. The lowest BCUT2D eigenvalue weighted by atomic mass is 9.71. The van der Waals surface area contributed by atoms with Crippen LogP contribution in [-0.4, -0.2) is 51.2 Å². The van der Waals surface area contributed by atoms with Gasteiger partial charge in [0.05, 0.1) is 39.9 Å². The van der Waals surface area contributed by atoms with E-state index in [4.69, 9.17) is 40.0 Å². The molecule has 0 spiro atoms. The standard InChI is InChI=1S/C29H24ClFN2O7/c1-35-21-9-14(10-22(36-2)27(21)37-3)23-15-11-20-19(39-12-40-20)8-13(15)7-16(24(23)29(34)38-4)28-32-18-6-5-17(31)25(30)26(18)33-28/h5-11,23-24H,12H2,1-4H3,(H,32,33)/t23-,24+/m1/s1. The van der Waals surface area contributed by atoms with E-state index < -0.39 is 23.6 Å². The van der Waals surface area contributed by atoms with Gasteiger partial charge in [0.25, 0.3) is 0 Å². The average Bonchev–Trinajstić information content (AvgIpc) is 3.62. The van der Waals surface area contributed by atoms with Crippen LogP contribution < -0.4 is 23.7 Å². The fourth-order valence-corrected chi connectivity index (χ4v) is 5.60. The number of fused-ring (bicyclic) bond motifs is 3. The molecular weight excluding hydrogens is 543 g/mol. The van der Waals surface area contributed by atoms with E-state index in [0.717, 1.165) is 11.1 Å². The maximum Gasteiger partial charge on any atom is 0.314 e. The highest BCUT2D eigenvalue weighted by atomic mass is 35.5. The molecule has 0 radical (unpaired) electrons. The molecule has 1 aromatic heterocycles. The zero-order valence-corrected chi connectivity index (χ0v) is 22.7. The Morgan fingerprint density at radius 3 is 2.38 bits per heavy atom. The van der Waals surface area contributed by atoms with E-state index in [2.05, 4.69) is 9.97 Å². The Bertz CT molecular complexity index is 1670. The molecule has 6 rings (SSSR count). The molecule has 2 heterocycles. The normalized spacial score (nSPS) is 17.3. The number of benzene rings is 3. The number of carbonyl (C=O) groups excluding carboxylic acids is 1. The maximum atomic E-state index is 14.2. The first-order valence-electron chi connectivity index (χ1n) is 12.2. The van der Waals surface area contributed by atoms with Crippen molar-refractivity contribution in [2.75, 3.05) is 35.2 Å². The summed E-state index contributed by atoms with van der Waals surface area (Å²) < 4.78 is 47.6. The van der Waals surface area contributed by atoms with Gasteiger partial charge >= 0.3 is 5.97 Å². The second-order valence-corrected chi connectivity index (χ2v) is 9.59.